The molecule has 1 unspecified atom stereocenters. The molecule has 0 aliphatic carbocycles. The molecule has 0 radical (unpaired) electrons. The third-order valence-electron chi connectivity index (χ3n) is 5.84. The summed E-state index contributed by atoms with van der Waals surface area (Å²) in [7, 11) is 5.27. The standard InChI is InChI=1S/C23H41IN4O4S2Si/c1-22(2,3)34-33-15-30-17-11-19(32-18(17)13-31-35(9,10)23(4,5)6)28-12-16(24)20(26-21(28)29)25-14-27(7)8/h12,14,17-19H,11,13,15H2,1-10H3/t17?,18-,19-/m1/s1. The van der Waals surface area contributed by atoms with Crippen LogP contribution in [0.4, 0.5) is 5.82 Å². The summed E-state index contributed by atoms with van der Waals surface area (Å²) in [4.78, 5) is 23.1. The van der Waals surface area contributed by atoms with E-state index in [1.807, 2.05) is 14.1 Å². The van der Waals surface area contributed by atoms with Gasteiger partial charge in [0.1, 0.15) is 18.3 Å². The lowest BCUT2D eigenvalue weighted by molar-refractivity contribution is -0.0528. The number of aliphatic imine (C=N–C) groups is 1. The third kappa shape index (κ3) is 9.60. The molecule has 3 atom stereocenters. The quantitative estimate of drug-likeness (QED) is 0.0586. The molecule has 1 fully saturated rings. The molecule has 200 valence electrons. The Bertz CT molecular complexity index is 932. The van der Waals surface area contributed by atoms with Gasteiger partial charge in [0.15, 0.2) is 14.1 Å². The van der Waals surface area contributed by atoms with Crippen molar-refractivity contribution in [1.82, 2.24) is 14.5 Å². The molecule has 2 rings (SSSR count). The Labute approximate surface area is 233 Å². The minimum Gasteiger partial charge on any atom is -0.414 e. The number of ether oxygens (including phenoxy) is 2. The average molecular weight is 657 g/mol. The van der Waals surface area contributed by atoms with Crippen molar-refractivity contribution < 1.29 is 13.9 Å². The van der Waals surface area contributed by atoms with Crippen LogP contribution in [0.2, 0.25) is 18.1 Å². The molecule has 0 spiro atoms. The molecule has 0 saturated carbocycles. The number of rotatable bonds is 10. The van der Waals surface area contributed by atoms with Gasteiger partial charge in [-0.1, -0.05) is 63.1 Å². The summed E-state index contributed by atoms with van der Waals surface area (Å²) in [6.45, 7) is 18.1. The van der Waals surface area contributed by atoms with Crippen molar-refractivity contribution in [2.45, 2.75) is 89.3 Å². The van der Waals surface area contributed by atoms with E-state index in [0.717, 1.165) is 3.57 Å². The molecule has 2 heterocycles. The van der Waals surface area contributed by atoms with Gasteiger partial charge in [-0.05, 0) is 40.7 Å². The van der Waals surface area contributed by atoms with Crippen molar-refractivity contribution in [1.29, 1.82) is 0 Å². The van der Waals surface area contributed by atoms with Crippen LogP contribution in [0.3, 0.4) is 0 Å². The van der Waals surface area contributed by atoms with Gasteiger partial charge in [-0.2, -0.15) is 4.98 Å². The van der Waals surface area contributed by atoms with Crippen LogP contribution < -0.4 is 5.69 Å². The first-order valence-electron chi connectivity index (χ1n) is 11.7. The molecular formula is C23H41IN4O4S2Si. The second-order valence-corrected chi connectivity index (χ2v) is 20.4. The monoisotopic (exact) mass is 656 g/mol. The molecule has 12 heteroatoms. The first-order valence-corrected chi connectivity index (χ1v) is 18.0. The van der Waals surface area contributed by atoms with Crippen molar-refractivity contribution in [2.24, 2.45) is 4.99 Å². The van der Waals surface area contributed by atoms with Gasteiger partial charge < -0.3 is 18.8 Å². The minimum absolute atomic E-state index is 0.0977. The van der Waals surface area contributed by atoms with Gasteiger partial charge in [0.05, 0.1) is 22.6 Å². The SMILES string of the molecule is CN(C)C=Nc1nc(=O)n([C@H]2CC(OCSSC(C)(C)C)[C@@H](CO[Si](C)(C)C(C)(C)C)O2)cc1I. The fraction of sp³-hybridized carbons (Fsp3) is 0.783. The lowest BCUT2D eigenvalue weighted by atomic mass is 10.2. The van der Waals surface area contributed by atoms with Crippen molar-refractivity contribution >= 4 is 64.7 Å². The molecule has 1 saturated heterocycles. The van der Waals surface area contributed by atoms with E-state index in [1.165, 1.54) is 0 Å². The van der Waals surface area contributed by atoms with E-state index in [9.17, 15) is 4.79 Å². The molecule has 0 aromatic carbocycles. The summed E-state index contributed by atoms with van der Waals surface area (Å²) >= 11 is 2.15. The predicted molar refractivity (Wildman–Crippen MR) is 159 cm³/mol. The second kappa shape index (κ2) is 12.6. The van der Waals surface area contributed by atoms with Gasteiger partial charge in [-0.3, -0.25) is 4.57 Å². The van der Waals surface area contributed by atoms with Crippen LogP contribution in [0.1, 0.15) is 54.2 Å². The second-order valence-electron chi connectivity index (χ2n) is 11.4. The highest BCUT2D eigenvalue weighted by atomic mass is 127. The third-order valence-corrected chi connectivity index (χ3v) is 14.1. The van der Waals surface area contributed by atoms with Gasteiger partial charge in [0, 0.05) is 31.5 Å². The maximum Gasteiger partial charge on any atom is 0.351 e. The number of nitrogens with zero attached hydrogens (tertiary/aromatic N) is 4. The molecule has 35 heavy (non-hydrogen) atoms. The van der Waals surface area contributed by atoms with E-state index < -0.39 is 14.5 Å². The normalized spacial score (nSPS) is 21.7. The topological polar surface area (TPSA) is 78.2 Å². The molecule has 0 amide bonds. The van der Waals surface area contributed by atoms with Crippen LogP contribution in [-0.4, -0.2) is 72.7 Å². The number of halogens is 1. The maximum atomic E-state index is 12.9. The molecule has 8 nitrogen and oxygen atoms in total. The summed E-state index contributed by atoms with van der Waals surface area (Å²) in [6.07, 6.45) is 3.06. The highest BCUT2D eigenvalue weighted by molar-refractivity contribution is 14.1. The minimum atomic E-state index is -1.96. The molecule has 0 bridgehead atoms. The van der Waals surface area contributed by atoms with E-state index in [-0.39, 0.29) is 27.7 Å². The van der Waals surface area contributed by atoms with Crippen LogP contribution in [-0.2, 0) is 13.9 Å². The van der Waals surface area contributed by atoms with Gasteiger partial charge >= 0.3 is 5.69 Å². The van der Waals surface area contributed by atoms with Crippen molar-refractivity contribution in [2.75, 3.05) is 26.6 Å². The summed E-state index contributed by atoms with van der Waals surface area (Å²) in [5.74, 6) is 0.946. The maximum absolute atomic E-state index is 12.9. The van der Waals surface area contributed by atoms with E-state index >= 15 is 0 Å². The van der Waals surface area contributed by atoms with Gasteiger partial charge in [0.25, 0.3) is 0 Å². The first kappa shape index (κ1) is 31.1. The largest absolute Gasteiger partial charge is 0.414 e. The zero-order chi connectivity index (χ0) is 26.6. The lowest BCUT2D eigenvalue weighted by Gasteiger charge is -2.37. The van der Waals surface area contributed by atoms with Gasteiger partial charge in [-0.15, -0.1) is 0 Å². The molecular weight excluding hydrogens is 615 g/mol. The van der Waals surface area contributed by atoms with E-state index in [4.69, 9.17) is 13.9 Å². The Morgan fingerprint density at radius 3 is 2.54 bits per heavy atom. The smallest absolute Gasteiger partial charge is 0.351 e. The van der Waals surface area contributed by atoms with Crippen LogP contribution in [0, 0.1) is 3.57 Å². The Balaban J connectivity index is 2.19. The highest BCUT2D eigenvalue weighted by Crippen LogP contribution is 2.39. The molecule has 0 N–H and O–H groups in total. The zero-order valence-electron chi connectivity index (χ0n) is 22.6. The van der Waals surface area contributed by atoms with Crippen LogP contribution >= 0.6 is 44.2 Å². The summed E-state index contributed by atoms with van der Waals surface area (Å²) in [6, 6.07) is 0. The van der Waals surface area contributed by atoms with Crippen LogP contribution in [0.5, 0.6) is 0 Å². The summed E-state index contributed by atoms with van der Waals surface area (Å²) < 4.78 is 21.6. The van der Waals surface area contributed by atoms with E-state index in [2.05, 4.69) is 87.2 Å². The molecule has 1 aliphatic rings. The fourth-order valence-corrected chi connectivity index (χ4v) is 6.50. The highest BCUT2D eigenvalue weighted by Gasteiger charge is 2.42. The Hall–Kier alpha value is -0.123. The van der Waals surface area contributed by atoms with Crippen molar-refractivity contribution in [3.63, 3.8) is 0 Å². The first-order chi connectivity index (χ1) is 16.0. The Morgan fingerprint density at radius 2 is 1.97 bits per heavy atom. The number of hydrogen-bond acceptors (Lipinski definition) is 8. The molecule has 1 aromatic rings. The summed E-state index contributed by atoms with van der Waals surface area (Å²) in [5.41, 5.74) is -0.385. The molecule has 1 aliphatic heterocycles. The zero-order valence-corrected chi connectivity index (χ0v) is 27.4. The van der Waals surface area contributed by atoms with Crippen LogP contribution in [0.25, 0.3) is 0 Å². The van der Waals surface area contributed by atoms with E-state index in [1.54, 1.807) is 43.6 Å². The van der Waals surface area contributed by atoms with Crippen LogP contribution in [0.15, 0.2) is 16.0 Å². The average Bonchev–Trinajstić information content (AvgIpc) is 3.11. The lowest BCUT2D eigenvalue weighted by Crippen LogP contribution is -2.44. The number of hydrogen-bond donors (Lipinski definition) is 0. The molecule has 1 aromatic heterocycles. The van der Waals surface area contributed by atoms with Crippen molar-refractivity contribution in [3.8, 4) is 0 Å². The fourth-order valence-electron chi connectivity index (χ4n) is 2.92. The van der Waals surface area contributed by atoms with Crippen molar-refractivity contribution in [3.05, 3.63) is 20.3 Å². The summed E-state index contributed by atoms with van der Waals surface area (Å²) in [5, 5.41) is 0.0977. The van der Waals surface area contributed by atoms with Gasteiger partial charge in [0.2, 0.25) is 0 Å². The van der Waals surface area contributed by atoms with E-state index in [0.29, 0.717) is 24.8 Å². The predicted octanol–water partition coefficient (Wildman–Crippen LogP) is 5.90. The Kier molecular flexibility index (Phi) is 11.2. The van der Waals surface area contributed by atoms with Gasteiger partial charge in [-0.25, -0.2) is 9.79 Å². The number of aromatic nitrogens is 2. The Morgan fingerprint density at radius 1 is 1.31 bits per heavy atom.